The zero-order valence-electron chi connectivity index (χ0n) is 26.4. The molecule has 2 fully saturated rings. The molecule has 11 nitrogen and oxygen atoms in total. The third kappa shape index (κ3) is 4.59. The number of aliphatic hydroxyl groups is 1. The molecule has 3 aromatic rings. The van der Waals surface area contributed by atoms with Gasteiger partial charge in [0, 0.05) is 19.6 Å². The van der Waals surface area contributed by atoms with Crippen molar-refractivity contribution in [3.8, 4) is 0 Å². The van der Waals surface area contributed by atoms with E-state index in [4.69, 9.17) is 4.74 Å². The summed E-state index contributed by atoms with van der Waals surface area (Å²) >= 11 is 0. The fraction of sp³-hybridized carbons (Fsp3) is 0.457. The molecule has 4 aliphatic heterocycles. The highest BCUT2D eigenvalue weighted by molar-refractivity contribution is 6.00. The van der Waals surface area contributed by atoms with Crippen molar-refractivity contribution in [3.05, 3.63) is 84.5 Å². The minimum atomic E-state index is -1.41. The van der Waals surface area contributed by atoms with E-state index in [0.717, 1.165) is 11.1 Å². The Hall–Kier alpha value is -4.35. The number of likely N-dealkylation sites (tertiary alicyclic amines) is 1. The Morgan fingerprint density at radius 3 is 2.41 bits per heavy atom. The zero-order valence-corrected chi connectivity index (χ0v) is 26.4. The second kappa shape index (κ2) is 11.5. The summed E-state index contributed by atoms with van der Waals surface area (Å²) in [5, 5.41) is 19.3. The normalized spacial score (nSPS) is 30.3. The van der Waals surface area contributed by atoms with Crippen molar-refractivity contribution in [2.45, 2.75) is 63.7 Å². The molecule has 0 saturated carbocycles. The summed E-state index contributed by atoms with van der Waals surface area (Å²) in [6.45, 7) is 6.62. The number of aliphatic hydroxyl groups excluding tert-OH is 1. The van der Waals surface area contributed by atoms with Crippen LogP contribution in [0.4, 0.5) is 0 Å². The Balaban J connectivity index is 1.31. The Morgan fingerprint density at radius 1 is 0.935 bits per heavy atom. The van der Waals surface area contributed by atoms with Crippen LogP contribution in [0.2, 0.25) is 0 Å². The Labute approximate surface area is 268 Å². The summed E-state index contributed by atoms with van der Waals surface area (Å²) in [7, 11) is 0. The van der Waals surface area contributed by atoms with E-state index < -0.39 is 35.1 Å². The van der Waals surface area contributed by atoms with Crippen LogP contribution < -0.4 is 0 Å². The van der Waals surface area contributed by atoms with Crippen LogP contribution >= 0.6 is 0 Å². The van der Waals surface area contributed by atoms with Gasteiger partial charge in [0.2, 0.25) is 11.8 Å². The summed E-state index contributed by atoms with van der Waals surface area (Å²) in [5.74, 6) is -2.78. The lowest BCUT2D eigenvalue weighted by atomic mass is 9.74. The van der Waals surface area contributed by atoms with Gasteiger partial charge in [-0.15, -0.1) is 5.10 Å². The standard InChI is InChI=1S/C35H40N6O5/c1-4-23(2)27(21-42)41-30-33(45)39(22-40-26-15-9-8-14-25(26)36-37-40)19-11-17-35(30)29(32(41)44)28-31(43)38(18-10-16-34(28,3)46-35)20-24-12-6-5-7-13-24/h5-17,23,27-30,42H,4,18-22H2,1-3H3/t23-,27-,28+,29-,30?,34-,35-/m0/s1. The lowest BCUT2D eigenvalue weighted by Crippen LogP contribution is -2.60. The van der Waals surface area contributed by atoms with Crippen LogP contribution in [0.5, 0.6) is 0 Å². The number of amides is 3. The molecular weight excluding hydrogens is 584 g/mol. The minimum absolute atomic E-state index is 0.108. The Morgan fingerprint density at radius 2 is 1.65 bits per heavy atom. The molecule has 4 aliphatic rings. The molecule has 2 saturated heterocycles. The van der Waals surface area contributed by atoms with Gasteiger partial charge in [0.1, 0.15) is 23.8 Å². The van der Waals surface area contributed by atoms with Crippen LogP contribution in [-0.4, -0.2) is 95.5 Å². The van der Waals surface area contributed by atoms with Crippen LogP contribution in [0, 0.1) is 17.8 Å². The van der Waals surface area contributed by atoms with Crippen molar-refractivity contribution in [1.82, 2.24) is 29.7 Å². The van der Waals surface area contributed by atoms with E-state index in [2.05, 4.69) is 10.3 Å². The number of para-hydroxylation sites is 1. The highest BCUT2D eigenvalue weighted by Gasteiger charge is 2.75. The minimum Gasteiger partial charge on any atom is -0.394 e. The van der Waals surface area contributed by atoms with Crippen molar-refractivity contribution in [2.75, 3.05) is 19.7 Å². The van der Waals surface area contributed by atoms with Crippen molar-refractivity contribution in [1.29, 1.82) is 0 Å². The molecular formula is C35H40N6O5. The fourth-order valence-electron chi connectivity index (χ4n) is 7.99. The largest absolute Gasteiger partial charge is 0.394 e. The van der Waals surface area contributed by atoms with Crippen LogP contribution in [-0.2, 0) is 32.3 Å². The summed E-state index contributed by atoms with van der Waals surface area (Å²) < 4.78 is 8.65. The predicted octanol–water partition coefficient (Wildman–Crippen LogP) is 2.76. The molecule has 0 radical (unpaired) electrons. The van der Waals surface area contributed by atoms with Crippen molar-refractivity contribution in [3.63, 3.8) is 0 Å². The van der Waals surface area contributed by atoms with Crippen LogP contribution in [0.15, 0.2) is 78.9 Å². The maximum atomic E-state index is 14.9. The van der Waals surface area contributed by atoms with Crippen LogP contribution in [0.25, 0.3) is 11.0 Å². The van der Waals surface area contributed by atoms with Gasteiger partial charge in [0.15, 0.2) is 0 Å². The van der Waals surface area contributed by atoms with Gasteiger partial charge in [-0.25, -0.2) is 4.68 Å². The third-order valence-electron chi connectivity index (χ3n) is 10.4. The average Bonchev–Trinajstić information content (AvgIpc) is 3.59. The SMILES string of the molecule is CC[C@H](C)[C@H](CO)N1C(=O)[C@@H]2[C@@H]3C(=O)N(Cc4ccccc4)CC=C[C@]3(C)O[C@@]23C=CCN(Cn2nnc4ccccc42)C(=O)C13. The topological polar surface area (TPSA) is 121 Å². The van der Waals surface area contributed by atoms with Crippen molar-refractivity contribution < 1.29 is 24.2 Å². The first kappa shape index (κ1) is 30.3. The lowest BCUT2D eigenvalue weighted by molar-refractivity contribution is -0.158. The fourth-order valence-corrected chi connectivity index (χ4v) is 7.99. The molecule has 240 valence electrons. The van der Waals surface area contributed by atoms with Gasteiger partial charge >= 0.3 is 0 Å². The highest BCUT2D eigenvalue weighted by atomic mass is 16.5. The van der Waals surface area contributed by atoms with Gasteiger partial charge in [0.25, 0.3) is 5.91 Å². The molecule has 7 rings (SSSR count). The maximum Gasteiger partial charge on any atom is 0.250 e. The molecule has 7 atom stereocenters. The van der Waals surface area contributed by atoms with E-state index in [1.54, 1.807) is 19.4 Å². The summed E-state index contributed by atoms with van der Waals surface area (Å²) in [6.07, 6.45) is 8.21. The molecule has 3 amide bonds. The number of carbonyl (C=O) groups excluding carboxylic acids is 3. The third-order valence-corrected chi connectivity index (χ3v) is 10.4. The quantitative estimate of drug-likeness (QED) is 0.383. The van der Waals surface area contributed by atoms with Crippen molar-refractivity contribution in [2.24, 2.45) is 17.8 Å². The average molecular weight is 625 g/mol. The number of benzene rings is 2. The van der Waals surface area contributed by atoms with E-state index in [1.807, 2.05) is 99.7 Å². The number of ether oxygens (including phenoxy) is 1. The van der Waals surface area contributed by atoms with E-state index in [-0.39, 0.29) is 43.5 Å². The Kier molecular flexibility index (Phi) is 7.56. The van der Waals surface area contributed by atoms with E-state index in [0.29, 0.717) is 25.0 Å². The number of aromatic nitrogens is 3. The maximum absolute atomic E-state index is 14.9. The lowest BCUT2D eigenvalue weighted by Gasteiger charge is -2.41. The van der Waals surface area contributed by atoms with E-state index >= 15 is 0 Å². The predicted molar refractivity (Wildman–Crippen MR) is 170 cm³/mol. The van der Waals surface area contributed by atoms with Crippen LogP contribution in [0.3, 0.4) is 0 Å². The van der Waals surface area contributed by atoms with Gasteiger partial charge < -0.3 is 24.5 Å². The molecule has 1 aromatic heterocycles. The highest BCUT2D eigenvalue weighted by Crippen LogP contribution is 2.58. The second-order valence-electron chi connectivity index (χ2n) is 13.2. The molecule has 0 aliphatic carbocycles. The number of hydrogen-bond acceptors (Lipinski definition) is 7. The summed E-state index contributed by atoms with van der Waals surface area (Å²) in [6, 6.07) is 15.6. The number of hydrogen-bond donors (Lipinski definition) is 1. The monoisotopic (exact) mass is 624 g/mol. The molecule has 5 heterocycles. The molecule has 1 spiro atoms. The Bertz CT molecular complexity index is 1720. The molecule has 1 unspecified atom stereocenters. The second-order valence-corrected chi connectivity index (χ2v) is 13.2. The van der Waals surface area contributed by atoms with E-state index in [1.165, 1.54) is 0 Å². The van der Waals surface area contributed by atoms with E-state index in [9.17, 15) is 19.5 Å². The van der Waals surface area contributed by atoms with Gasteiger partial charge in [-0.05, 0) is 30.5 Å². The van der Waals surface area contributed by atoms with Crippen LogP contribution in [0.1, 0.15) is 32.8 Å². The summed E-state index contributed by atoms with van der Waals surface area (Å²) in [5.41, 5.74) is -0.0610. The summed E-state index contributed by atoms with van der Waals surface area (Å²) in [4.78, 5) is 49.2. The molecule has 11 heteroatoms. The number of nitrogens with zero attached hydrogens (tertiary/aromatic N) is 6. The smallest absolute Gasteiger partial charge is 0.250 e. The number of fused-ring (bicyclic) bond motifs is 3. The van der Waals surface area contributed by atoms with Gasteiger partial charge in [-0.3, -0.25) is 14.4 Å². The number of carbonyl (C=O) groups is 3. The first-order valence-corrected chi connectivity index (χ1v) is 16.1. The number of rotatable bonds is 8. The molecule has 1 N–H and O–H groups in total. The zero-order chi connectivity index (χ0) is 32.2. The van der Waals surface area contributed by atoms with Gasteiger partial charge in [-0.1, -0.05) is 92.3 Å². The first-order chi connectivity index (χ1) is 22.2. The first-order valence-electron chi connectivity index (χ1n) is 16.1. The van der Waals surface area contributed by atoms with Gasteiger partial charge in [-0.2, -0.15) is 0 Å². The molecule has 2 aromatic carbocycles. The van der Waals surface area contributed by atoms with Crippen molar-refractivity contribution >= 4 is 28.8 Å². The molecule has 46 heavy (non-hydrogen) atoms. The molecule has 0 bridgehead atoms. The van der Waals surface area contributed by atoms with Gasteiger partial charge in [0.05, 0.1) is 35.6 Å².